The van der Waals surface area contributed by atoms with E-state index >= 15 is 0 Å². The van der Waals surface area contributed by atoms with Crippen molar-refractivity contribution in [3.8, 4) is 0 Å². The van der Waals surface area contributed by atoms with Crippen molar-refractivity contribution in [2.24, 2.45) is 0 Å². The lowest BCUT2D eigenvalue weighted by atomic mass is 10.1. The summed E-state index contributed by atoms with van der Waals surface area (Å²) in [6.45, 7) is 1.40. The fourth-order valence-electron chi connectivity index (χ4n) is 1.67. The second kappa shape index (κ2) is 7.23. The first-order valence-electron chi connectivity index (χ1n) is 6.14. The van der Waals surface area contributed by atoms with Crippen molar-refractivity contribution in [2.75, 3.05) is 31.3 Å². The van der Waals surface area contributed by atoms with Crippen LogP contribution in [0, 0.1) is 0 Å². The summed E-state index contributed by atoms with van der Waals surface area (Å²) in [5.74, 6) is 0. The lowest BCUT2D eigenvalue weighted by molar-refractivity contribution is -0.137. The molecule has 0 amide bonds. The number of anilines is 2. The molecular weight excluding hydrogens is 257 g/mol. The predicted molar refractivity (Wildman–Crippen MR) is 70.1 cm³/mol. The molecule has 0 bridgehead atoms. The zero-order valence-electron chi connectivity index (χ0n) is 10.9. The van der Waals surface area contributed by atoms with Crippen molar-refractivity contribution in [2.45, 2.75) is 25.4 Å². The van der Waals surface area contributed by atoms with Gasteiger partial charge >= 0.3 is 6.18 Å². The molecule has 108 valence electrons. The number of ether oxygens (including phenoxy) is 1. The summed E-state index contributed by atoms with van der Waals surface area (Å²) in [5, 5.41) is 3.04. The van der Waals surface area contributed by atoms with Crippen LogP contribution in [0.15, 0.2) is 18.2 Å². The number of nitrogens with two attached hydrogens (primary N) is 1. The van der Waals surface area contributed by atoms with E-state index in [2.05, 4.69) is 5.32 Å². The molecule has 0 aliphatic heterocycles. The molecule has 0 aliphatic carbocycles. The number of hydrogen-bond donors (Lipinski definition) is 2. The summed E-state index contributed by atoms with van der Waals surface area (Å²) in [5.41, 5.74) is 5.53. The summed E-state index contributed by atoms with van der Waals surface area (Å²) in [7, 11) is 1.65. The Balaban J connectivity index is 2.43. The van der Waals surface area contributed by atoms with Crippen LogP contribution in [0.25, 0.3) is 0 Å². The Hall–Kier alpha value is -1.43. The standard InChI is InChI=1S/C13H19F3N2O/c1-19-8-4-2-3-7-18-12-6-5-10(9-11(12)17)13(14,15)16/h5-6,9,18H,2-4,7-8,17H2,1H3. The predicted octanol–water partition coefficient (Wildman–Crippen LogP) is 3.52. The molecule has 1 aromatic rings. The van der Waals surface area contributed by atoms with Crippen LogP contribution in [0.2, 0.25) is 0 Å². The molecule has 19 heavy (non-hydrogen) atoms. The topological polar surface area (TPSA) is 47.3 Å². The van der Waals surface area contributed by atoms with Gasteiger partial charge in [-0.3, -0.25) is 0 Å². The Kier molecular flexibility index (Phi) is 5.95. The zero-order chi connectivity index (χ0) is 14.3. The number of hydrogen-bond acceptors (Lipinski definition) is 3. The van der Waals surface area contributed by atoms with E-state index in [-0.39, 0.29) is 5.69 Å². The Bertz CT molecular complexity index is 394. The van der Waals surface area contributed by atoms with Crippen molar-refractivity contribution in [1.82, 2.24) is 0 Å². The number of halogens is 3. The molecule has 0 spiro atoms. The van der Waals surface area contributed by atoms with Gasteiger partial charge in [-0.05, 0) is 37.5 Å². The van der Waals surface area contributed by atoms with E-state index in [1.54, 1.807) is 7.11 Å². The van der Waals surface area contributed by atoms with Crippen LogP contribution < -0.4 is 11.1 Å². The fourth-order valence-corrected chi connectivity index (χ4v) is 1.67. The highest BCUT2D eigenvalue weighted by molar-refractivity contribution is 5.67. The molecule has 0 saturated heterocycles. The molecule has 3 N–H and O–H groups in total. The van der Waals surface area contributed by atoms with Crippen LogP contribution in [0.3, 0.4) is 0 Å². The monoisotopic (exact) mass is 276 g/mol. The van der Waals surface area contributed by atoms with Crippen molar-refractivity contribution in [1.29, 1.82) is 0 Å². The van der Waals surface area contributed by atoms with Gasteiger partial charge in [0, 0.05) is 20.3 Å². The maximum atomic E-state index is 12.4. The molecule has 0 atom stereocenters. The van der Waals surface area contributed by atoms with Crippen LogP contribution in [0.5, 0.6) is 0 Å². The van der Waals surface area contributed by atoms with Gasteiger partial charge in [0.05, 0.1) is 16.9 Å². The van der Waals surface area contributed by atoms with Gasteiger partial charge in [-0.15, -0.1) is 0 Å². The number of nitrogens with one attached hydrogen (secondary N) is 1. The smallest absolute Gasteiger partial charge is 0.397 e. The van der Waals surface area contributed by atoms with Gasteiger partial charge in [-0.25, -0.2) is 0 Å². The van der Waals surface area contributed by atoms with Gasteiger partial charge in [0.15, 0.2) is 0 Å². The molecule has 0 aliphatic rings. The fraction of sp³-hybridized carbons (Fsp3) is 0.538. The van der Waals surface area contributed by atoms with E-state index < -0.39 is 11.7 Å². The number of nitrogen functional groups attached to an aromatic ring is 1. The molecule has 0 unspecified atom stereocenters. The Morgan fingerprint density at radius 2 is 1.95 bits per heavy atom. The molecule has 0 radical (unpaired) electrons. The Morgan fingerprint density at radius 3 is 2.53 bits per heavy atom. The maximum Gasteiger partial charge on any atom is 0.416 e. The third kappa shape index (κ3) is 5.38. The molecule has 0 heterocycles. The van der Waals surface area contributed by atoms with E-state index in [9.17, 15) is 13.2 Å². The SMILES string of the molecule is COCCCCCNc1ccc(C(F)(F)F)cc1N. The molecular formula is C13H19F3N2O. The Morgan fingerprint density at radius 1 is 1.21 bits per heavy atom. The summed E-state index contributed by atoms with van der Waals surface area (Å²) in [6.07, 6.45) is -1.46. The van der Waals surface area contributed by atoms with E-state index in [1.807, 2.05) is 0 Å². The van der Waals surface area contributed by atoms with Gasteiger partial charge in [0.1, 0.15) is 0 Å². The highest BCUT2D eigenvalue weighted by atomic mass is 19.4. The minimum atomic E-state index is -4.35. The lowest BCUT2D eigenvalue weighted by Gasteiger charge is -2.12. The third-order valence-electron chi connectivity index (χ3n) is 2.72. The van der Waals surface area contributed by atoms with Crippen molar-refractivity contribution >= 4 is 11.4 Å². The minimum absolute atomic E-state index is 0.117. The van der Waals surface area contributed by atoms with Gasteiger partial charge in [0.25, 0.3) is 0 Å². The molecule has 1 rings (SSSR count). The van der Waals surface area contributed by atoms with Crippen LogP contribution in [-0.4, -0.2) is 20.3 Å². The van der Waals surface area contributed by atoms with Gasteiger partial charge in [-0.2, -0.15) is 13.2 Å². The largest absolute Gasteiger partial charge is 0.416 e. The molecule has 1 aromatic carbocycles. The molecule has 0 saturated carbocycles. The number of methoxy groups -OCH3 is 1. The van der Waals surface area contributed by atoms with E-state index in [0.29, 0.717) is 12.2 Å². The minimum Gasteiger partial charge on any atom is -0.397 e. The first-order chi connectivity index (χ1) is 8.95. The van der Waals surface area contributed by atoms with Crippen LogP contribution in [-0.2, 0) is 10.9 Å². The second-order valence-corrected chi connectivity index (χ2v) is 4.28. The number of unbranched alkanes of at least 4 members (excludes halogenated alkanes) is 2. The normalized spacial score (nSPS) is 11.6. The first-order valence-corrected chi connectivity index (χ1v) is 6.14. The van der Waals surface area contributed by atoms with Gasteiger partial charge < -0.3 is 15.8 Å². The molecule has 0 fully saturated rings. The van der Waals surface area contributed by atoms with Crippen LogP contribution in [0.1, 0.15) is 24.8 Å². The van der Waals surface area contributed by atoms with Crippen molar-refractivity contribution in [3.63, 3.8) is 0 Å². The van der Waals surface area contributed by atoms with Crippen molar-refractivity contribution < 1.29 is 17.9 Å². The van der Waals surface area contributed by atoms with Crippen LogP contribution >= 0.6 is 0 Å². The number of alkyl halides is 3. The zero-order valence-corrected chi connectivity index (χ0v) is 10.9. The average molecular weight is 276 g/mol. The quantitative estimate of drug-likeness (QED) is 0.591. The first kappa shape index (κ1) is 15.6. The maximum absolute atomic E-state index is 12.4. The van der Waals surface area contributed by atoms with E-state index in [1.165, 1.54) is 6.07 Å². The third-order valence-corrected chi connectivity index (χ3v) is 2.72. The van der Waals surface area contributed by atoms with Crippen LogP contribution in [0.4, 0.5) is 24.5 Å². The number of rotatable bonds is 7. The average Bonchev–Trinajstić information content (AvgIpc) is 2.34. The second-order valence-electron chi connectivity index (χ2n) is 4.28. The Labute approximate surface area is 110 Å². The molecule has 6 heteroatoms. The van der Waals surface area contributed by atoms with Crippen molar-refractivity contribution in [3.05, 3.63) is 23.8 Å². The lowest BCUT2D eigenvalue weighted by Crippen LogP contribution is -2.08. The summed E-state index contributed by atoms with van der Waals surface area (Å²) < 4.78 is 42.2. The molecule has 3 nitrogen and oxygen atoms in total. The highest BCUT2D eigenvalue weighted by Gasteiger charge is 2.30. The summed E-state index contributed by atoms with van der Waals surface area (Å²) in [6, 6.07) is 3.35. The summed E-state index contributed by atoms with van der Waals surface area (Å²) >= 11 is 0. The van der Waals surface area contributed by atoms with E-state index in [0.717, 1.165) is 38.0 Å². The molecule has 0 aromatic heterocycles. The van der Waals surface area contributed by atoms with E-state index in [4.69, 9.17) is 10.5 Å². The summed E-state index contributed by atoms with van der Waals surface area (Å²) in [4.78, 5) is 0. The highest BCUT2D eigenvalue weighted by Crippen LogP contribution is 2.32. The van der Waals surface area contributed by atoms with Gasteiger partial charge in [-0.1, -0.05) is 0 Å². The van der Waals surface area contributed by atoms with Gasteiger partial charge in [0.2, 0.25) is 0 Å². The number of benzene rings is 1.